The van der Waals surface area contributed by atoms with E-state index < -0.39 is 0 Å². The number of nitrogens with zero attached hydrogens (tertiary/aromatic N) is 3. The summed E-state index contributed by atoms with van der Waals surface area (Å²) < 4.78 is 12.2. The van der Waals surface area contributed by atoms with Crippen molar-refractivity contribution in [2.75, 3.05) is 46.5 Å². The van der Waals surface area contributed by atoms with Crippen molar-refractivity contribution in [3.05, 3.63) is 70.5 Å². The Kier molecular flexibility index (Phi) is 6.64. The molecule has 7 nitrogen and oxygen atoms in total. The van der Waals surface area contributed by atoms with E-state index in [2.05, 4.69) is 10.00 Å². The minimum Gasteiger partial charge on any atom is -0.497 e. The molecule has 0 radical (unpaired) electrons. The molecule has 1 N–H and O–H groups in total. The summed E-state index contributed by atoms with van der Waals surface area (Å²) in [6.07, 6.45) is 0. The van der Waals surface area contributed by atoms with Gasteiger partial charge in [0.15, 0.2) is 0 Å². The number of hydrogen-bond donors (Lipinski definition) is 1. The molecular weight excluding hydrogens is 392 g/mol. The molecule has 162 valence electrons. The van der Waals surface area contributed by atoms with Gasteiger partial charge in [-0.2, -0.15) is 0 Å². The molecule has 1 aliphatic heterocycles. The van der Waals surface area contributed by atoms with Crippen molar-refractivity contribution < 1.29 is 9.47 Å². The second-order valence-electron chi connectivity index (χ2n) is 7.49. The predicted octanol–water partition coefficient (Wildman–Crippen LogP) is 2.98. The zero-order chi connectivity index (χ0) is 21.6. The number of aliphatic imine (C=N–C) groups is 1. The van der Waals surface area contributed by atoms with Crippen LogP contribution in [0.4, 0.5) is 0 Å². The minimum atomic E-state index is -0.114. The summed E-state index contributed by atoms with van der Waals surface area (Å²) in [5.74, 6) is 0.743. The Hall–Kier alpha value is -3.16. The summed E-state index contributed by atoms with van der Waals surface area (Å²) in [6, 6.07) is 17.3. The highest BCUT2D eigenvalue weighted by Crippen LogP contribution is 2.22. The molecule has 0 atom stereocenters. The topological polar surface area (TPSA) is 71.8 Å². The van der Waals surface area contributed by atoms with E-state index in [4.69, 9.17) is 14.5 Å². The molecule has 2 heterocycles. The highest BCUT2D eigenvalue weighted by Gasteiger charge is 2.19. The third-order valence-corrected chi connectivity index (χ3v) is 5.51. The molecular formula is C24H28N4O3. The predicted molar refractivity (Wildman–Crippen MR) is 123 cm³/mol. The maximum atomic E-state index is 13.4. The number of ether oxygens (including phenoxy) is 2. The first-order valence-electron chi connectivity index (χ1n) is 10.5. The molecule has 0 unspecified atom stereocenters. The van der Waals surface area contributed by atoms with Gasteiger partial charge >= 0.3 is 0 Å². The van der Waals surface area contributed by atoms with E-state index >= 15 is 0 Å². The van der Waals surface area contributed by atoms with Crippen LogP contribution in [0.2, 0.25) is 0 Å². The van der Waals surface area contributed by atoms with Gasteiger partial charge in [0, 0.05) is 30.9 Å². The maximum absolute atomic E-state index is 13.4. The van der Waals surface area contributed by atoms with Crippen molar-refractivity contribution in [1.82, 2.24) is 14.7 Å². The lowest BCUT2D eigenvalue weighted by molar-refractivity contribution is 0.0394. The van der Waals surface area contributed by atoms with E-state index in [0.717, 1.165) is 61.3 Å². The van der Waals surface area contributed by atoms with Gasteiger partial charge in [0.05, 0.1) is 43.8 Å². The third kappa shape index (κ3) is 4.78. The lowest BCUT2D eigenvalue weighted by Crippen LogP contribution is -2.37. The molecule has 0 aliphatic carbocycles. The van der Waals surface area contributed by atoms with Crippen LogP contribution in [0.15, 0.2) is 64.4 Å². The van der Waals surface area contributed by atoms with Crippen LogP contribution in [0.5, 0.6) is 5.75 Å². The average Bonchev–Trinajstić information content (AvgIpc) is 3.17. The summed E-state index contributed by atoms with van der Waals surface area (Å²) in [5, 5.41) is 3.30. The van der Waals surface area contributed by atoms with Gasteiger partial charge in [0.25, 0.3) is 5.56 Å². The average molecular weight is 421 g/mol. The molecule has 0 spiro atoms. The van der Waals surface area contributed by atoms with E-state index in [1.54, 1.807) is 11.8 Å². The summed E-state index contributed by atoms with van der Waals surface area (Å²) in [7, 11) is 1.62. The molecule has 7 heteroatoms. The van der Waals surface area contributed by atoms with Gasteiger partial charge in [0.2, 0.25) is 0 Å². The second kappa shape index (κ2) is 9.76. The quantitative estimate of drug-likeness (QED) is 0.597. The lowest BCUT2D eigenvalue weighted by Gasteiger charge is -2.25. The molecule has 0 saturated carbocycles. The van der Waals surface area contributed by atoms with E-state index in [0.29, 0.717) is 12.1 Å². The Balaban J connectivity index is 1.68. The second-order valence-corrected chi connectivity index (χ2v) is 7.49. The zero-order valence-electron chi connectivity index (χ0n) is 18.0. The van der Waals surface area contributed by atoms with Gasteiger partial charge in [-0.25, -0.2) is 4.68 Å². The number of nitrogens with one attached hydrogen (secondary N) is 1. The number of hydrogen-bond acceptors (Lipinski definition) is 5. The molecule has 1 aromatic heterocycles. The van der Waals surface area contributed by atoms with Crippen molar-refractivity contribution in [2.45, 2.75) is 6.92 Å². The number of methoxy groups -OCH3 is 1. The number of morpholine rings is 1. The zero-order valence-corrected chi connectivity index (χ0v) is 18.0. The van der Waals surface area contributed by atoms with Crippen molar-refractivity contribution in [3.8, 4) is 22.7 Å². The first-order chi connectivity index (χ1) is 15.2. The Morgan fingerprint density at radius 3 is 2.48 bits per heavy atom. The summed E-state index contributed by atoms with van der Waals surface area (Å²) in [5.41, 5.74) is 3.69. The lowest BCUT2D eigenvalue weighted by atomic mass is 10.1. The molecule has 31 heavy (non-hydrogen) atoms. The summed E-state index contributed by atoms with van der Waals surface area (Å²) in [6.45, 7) is 6.81. The van der Waals surface area contributed by atoms with Gasteiger partial charge in [-0.3, -0.25) is 19.8 Å². The molecule has 3 aromatic rings. The summed E-state index contributed by atoms with van der Waals surface area (Å²) in [4.78, 5) is 20.5. The van der Waals surface area contributed by atoms with Gasteiger partial charge < -0.3 is 9.47 Å². The summed E-state index contributed by atoms with van der Waals surface area (Å²) >= 11 is 0. The van der Waals surface area contributed by atoms with Crippen LogP contribution in [0.3, 0.4) is 0 Å². The number of benzene rings is 2. The van der Waals surface area contributed by atoms with Gasteiger partial charge in [-0.05, 0) is 31.2 Å². The highest BCUT2D eigenvalue weighted by molar-refractivity contribution is 6.03. The fourth-order valence-electron chi connectivity index (χ4n) is 3.76. The minimum absolute atomic E-state index is 0.114. The van der Waals surface area contributed by atoms with E-state index in [9.17, 15) is 4.79 Å². The first-order valence-corrected chi connectivity index (χ1v) is 10.5. The van der Waals surface area contributed by atoms with Crippen molar-refractivity contribution >= 4 is 5.71 Å². The Morgan fingerprint density at radius 1 is 1.10 bits per heavy atom. The van der Waals surface area contributed by atoms with Gasteiger partial charge in [-0.1, -0.05) is 30.3 Å². The van der Waals surface area contributed by atoms with Crippen molar-refractivity contribution in [3.63, 3.8) is 0 Å². The fraction of sp³-hybridized carbons (Fsp3) is 0.333. The molecule has 1 aliphatic rings. The van der Waals surface area contributed by atoms with Crippen LogP contribution < -0.4 is 10.3 Å². The van der Waals surface area contributed by atoms with Gasteiger partial charge in [0.1, 0.15) is 5.75 Å². The molecule has 0 amide bonds. The Bertz CT molecular complexity index is 1080. The van der Waals surface area contributed by atoms with Crippen LogP contribution in [0, 0.1) is 0 Å². The highest BCUT2D eigenvalue weighted by atomic mass is 16.5. The third-order valence-electron chi connectivity index (χ3n) is 5.51. The molecule has 4 rings (SSSR count). The van der Waals surface area contributed by atoms with Crippen LogP contribution in [-0.2, 0) is 4.74 Å². The fourth-order valence-corrected chi connectivity index (χ4v) is 3.76. The van der Waals surface area contributed by atoms with E-state index in [1.165, 1.54) is 0 Å². The van der Waals surface area contributed by atoms with Crippen LogP contribution in [-0.4, -0.2) is 66.9 Å². The number of H-pyrrole nitrogens is 1. The first kappa shape index (κ1) is 21.1. The smallest absolute Gasteiger partial charge is 0.280 e. The largest absolute Gasteiger partial charge is 0.497 e. The number of aromatic amines is 1. The van der Waals surface area contributed by atoms with Gasteiger partial charge in [-0.15, -0.1) is 0 Å². The monoisotopic (exact) mass is 420 g/mol. The Labute approximate surface area is 181 Å². The number of rotatable bonds is 7. The van der Waals surface area contributed by atoms with E-state index in [-0.39, 0.29) is 5.56 Å². The standard InChI is InChI=1S/C24H28N4O3/c1-18(25-12-13-27-14-16-31-17-15-27)22-23(19-6-4-3-5-7-19)26-28(24(22)29)20-8-10-21(30-2)11-9-20/h3-11,26H,12-17H2,1-2H3. The van der Waals surface area contributed by atoms with Crippen LogP contribution in [0.1, 0.15) is 12.5 Å². The van der Waals surface area contributed by atoms with Crippen molar-refractivity contribution in [2.24, 2.45) is 4.99 Å². The van der Waals surface area contributed by atoms with Crippen molar-refractivity contribution in [1.29, 1.82) is 0 Å². The van der Waals surface area contributed by atoms with E-state index in [1.807, 2.05) is 61.5 Å². The molecule has 1 saturated heterocycles. The molecule has 1 fully saturated rings. The van der Waals surface area contributed by atoms with Crippen LogP contribution in [0.25, 0.3) is 16.9 Å². The maximum Gasteiger partial charge on any atom is 0.280 e. The number of aromatic nitrogens is 2. The van der Waals surface area contributed by atoms with Crippen LogP contribution >= 0.6 is 0 Å². The molecule has 2 aromatic carbocycles. The normalized spacial score (nSPS) is 15.2. The molecule has 0 bridgehead atoms. The Morgan fingerprint density at radius 2 is 1.81 bits per heavy atom. The SMILES string of the molecule is COc1ccc(-n2[nH]c(-c3ccccc3)c(C(C)=NCCN3CCOCC3)c2=O)cc1.